The summed E-state index contributed by atoms with van der Waals surface area (Å²) in [6.45, 7) is 1.05. The topological polar surface area (TPSA) is 129 Å². The highest BCUT2D eigenvalue weighted by atomic mass is 32.2. The molecule has 0 aromatic heterocycles. The minimum Gasteiger partial charge on any atom is -0.481 e. The van der Waals surface area contributed by atoms with E-state index in [1.807, 2.05) is 0 Å². The molecule has 0 heterocycles. The summed E-state index contributed by atoms with van der Waals surface area (Å²) in [6, 6.07) is 8.77. The van der Waals surface area contributed by atoms with Crippen LogP contribution in [0.4, 0.5) is 0 Å². The normalized spacial score (nSPS) is 15.6. The van der Waals surface area contributed by atoms with Crippen molar-refractivity contribution < 1.29 is 33.3 Å². The van der Waals surface area contributed by atoms with E-state index in [2.05, 4.69) is 0 Å². The summed E-state index contributed by atoms with van der Waals surface area (Å²) in [5, 5.41) is 24.8. The molecule has 1 rings (SSSR count). The lowest BCUT2D eigenvalue weighted by atomic mass is 10.1. The standard InChI is InChI=1S/C17H22O7S/c1-12(17(21)22)25(23,24)15(14(18)8-5-9-16(19)20)11-10-13-6-3-2-4-7-13/h2-4,6-7,10-12,14-15,18H,5,8-9H2,1H3,(H,19,20)(H,21,22). The minimum absolute atomic E-state index is 0.0678. The molecular formula is C17H22O7S. The Morgan fingerprint density at radius 1 is 1.16 bits per heavy atom. The van der Waals surface area contributed by atoms with E-state index < -0.39 is 38.4 Å². The van der Waals surface area contributed by atoms with Crippen LogP contribution < -0.4 is 0 Å². The molecule has 0 bridgehead atoms. The first-order valence-corrected chi connectivity index (χ1v) is 9.36. The maximum atomic E-state index is 12.5. The number of carboxylic acid groups (broad SMARTS) is 2. The Bertz CT molecular complexity index is 710. The molecule has 7 nitrogen and oxygen atoms in total. The largest absolute Gasteiger partial charge is 0.481 e. The molecule has 0 saturated carbocycles. The highest BCUT2D eigenvalue weighted by Gasteiger charge is 2.38. The van der Waals surface area contributed by atoms with Crippen LogP contribution in [-0.4, -0.2) is 52.3 Å². The predicted octanol–water partition coefficient (Wildman–Crippen LogP) is 1.57. The van der Waals surface area contributed by atoms with Crippen molar-refractivity contribution in [2.75, 3.05) is 0 Å². The van der Waals surface area contributed by atoms with E-state index >= 15 is 0 Å². The molecule has 0 spiro atoms. The Hall–Kier alpha value is -2.19. The van der Waals surface area contributed by atoms with Crippen molar-refractivity contribution in [3.05, 3.63) is 42.0 Å². The van der Waals surface area contributed by atoms with Gasteiger partial charge in [0.05, 0.1) is 6.10 Å². The number of aliphatic hydroxyl groups is 1. The molecule has 3 atom stereocenters. The molecule has 3 unspecified atom stereocenters. The fourth-order valence-electron chi connectivity index (χ4n) is 2.23. The summed E-state index contributed by atoms with van der Waals surface area (Å²) < 4.78 is 25.0. The number of carboxylic acids is 2. The summed E-state index contributed by atoms with van der Waals surface area (Å²) in [5.74, 6) is -2.55. The van der Waals surface area contributed by atoms with Gasteiger partial charge in [-0.15, -0.1) is 0 Å². The van der Waals surface area contributed by atoms with Crippen LogP contribution in [-0.2, 0) is 19.4 Å². The first-order chi connectivity index (χ1) is 11.7. The van der Waals surface area contributed by atoms with Crippen molar-refractivity contribution in [1.29, 1.82) is 0 Å². The van der Waals surface area contributed by atoms with Crippen LogP contribution in [0.5, 0.6) is 0 Å². The first-order valence-electron chi connectivity index (χ1n) is 7.75. The second-order valence-corrected chi connectivity index (χ2v) is 8.09. The Morgan fingerprint density at radius 3 is 2.28 bits per heavy atom. The maximum absolute atomic E-state index is 12.5. The number of benzene rings is 1. The van der Waals surface area contributed by atoms with Crippen molar-refractivity contribution in [3.8, 4) is 0 Å². The minimum atomic E-state index is -4.20. The lowest BCUT2D eigenvalue weighted by Crippen LogP contribution is -2.41. The van der Waals surface area contributed by atoms with E-state index in [1.54, 1.807) is 30.3 Å². The Labute approximate surface area is 146 Å². The van der Waals surface area contributed by atoms with Gasteiger partial charge in [-0.1, -0.05) is 42.5 Å². The number of aliphatic hydroxyl groups excluding tert-OH is 1. The second kappa shape index (κ2) is 9.33. The zero-order chi connectivity index (χ0) is 19.0. The van der Waals surface area contributed by atoms with Crippen LogP contribution in [0.1, 0.15) is 31.7 Å². The van der Waals surface area contributed by atoms with E-state index in [0.29, 0.717) is 5.56 Å². The summed E-state index contributed by atoms with van der Waals surface area (Å²) in [6.07, 6.45) is 1.17. The molecule has 0 fully saturated rings. The average Bonchev–Trinajstić information content (AvgIpc) is 2.54. The van der Waals surface area contributed by atoms with Gasteiger partial charge in [0.1, 0.15) is 5.25 Å². The SMILES string of the molecule is CC(C(=O)O)S(=O)(=O)C(C=Cc1ccccc1)C(O)CCCC(=O)O. The van der Waals surface area contributed by atoms with Gasteiger partial charge >= 0.3 is 11.9 Å². The van der Waals surface area contributed by atoms with E-state index in [1.165, 1.54) is 12.2 Å². The van der Waals surface area contributed by atoms with Gasteiger partial charge < -0.3 is 15.3 Å². The van der Waals surface area contributed by atoms with Crippen LogP contribution >= 0.6 is 0 Å². The van der Waals surface area contributed by atoms with Gasteiger partial charge in [-0.05, 0) is 25.3 Å². The second-order valence-electron chi connectivity index (χ2n) is 5.66. The summed E-state index contributed by atoms with van der Waals surface area (Å²) in [7, 11) is -4.20. The van der Waals surface area contributed by atoms with Gasteiger partial charge in [0.25, 0.3) is 0 Å². The number of aliphatic carboxylic acids is 2. The van der Waals surface area contributed by atoms with Crippen LogP contribution in [0.3, 0.4) is 0 Å². The van der Waals surface area contributed by atoms with Crippen LogP contribution in [0.25, 0.3) is 6.08 Å². The van der Waals surface area contributed by atoms with Crippen molar-refractivity contribution in [1.82, 2.24) is 0 Å². The first kappa shape index (κ1) is 20.9. The molecule has 0 saturated heterocycles. The molecule has 1 aromatic rings. The molecule has 138 valence electrons. The van der Waals surface area contributed by atoms with E-state index in [0.717, 1.165) is 6.92 Å². The quantitative estimate of drug-likeness (QED) is 0.570. The van der Waals surface area contributed by atoms with Crippen molar-refractivity contribution in [3.63, 3.8) is 0 Å². The van der Waals surface area contributed by atoms with Crippen LogP contribution in [0.15, 0.2) is 36.4 Å². The summed E-state index contributed by atoms with van der Waals surface area (Å²) in [5.41, 5.74) is 0.698. The van der Waals surface area contributed by atoms with Crippen LogP contribution in [0, 0.1) is 0 Å². The zero-order valence-electron chi connectivity index (χ0n) is 13.8. The summed E-state index contributed by atoms with van der Waals surface area (Å²) >= 11 is 0. The van der Waals surface area contributed by atoms with Gasteiger partial charge in [-0.3, -0.25) is 9.59 Å². The van der Waals surface area contributed by atoms with Crippen molar-refractivity contribution in [2.24, 2.45) is 0 Å². The molecule has 0 radical (unpaired) electrons. The van der Waals surface area contributed by atoms with Crippen molar-refractivity contribution >= 4 is 27.9 Å². The Morgan fingerprint density at radius 2 is 1.76 bits per heavy atom. The molecule has 0 aliphatic carbocycles. The average molecular weight is 370 g/mol. The molecule has 25 heavy (non-hydrogen) atoms. The number of carbonyl (C=O) groups is 2. The number of hydrogen-bond donors (Lipinski definition) is 3. The number of sulfone groups is 1. The fourth-order valence-corrected chi connectivity index (χ4v) is 3.85. The van der Waals surface area contributed by atoms with Gasteiger partial charge in [0.2, 0.25) is 0 Å². The van der Waals surface area contributed by atoms with Gasteiger partial charge in [-0.2, -0.15) is 0 Å². The van der Waals surface area contributed by atoms with Gasteiger partial charge in [-0.25, -0.2) is 8.42 Å². The molecule has 0 amide bonds. The smallest absolute Gasteiger partial charge is 0.321 e. The predicted molar refractivity (Wildman–Crippen MR) is 92.8 cm³/mol. The molecule has 8 heteroatoms. The number of hydrogen-bond acceptors (Lipinski definition) is 5. The monoisotopic (exact) mass is 370 g/mol. The molecule has 1 aromatic carbocycles. The van der Waals surface area contributed by atoms with Gasteiger partial charge in [0.15, 0.2) is 15.1 Å². The third kappa shape index (κ3) is 6.32. The molecule has 0 aliphatic rings. The molecule has 3 N–H and O–H groups in total. The lowest BCUT2D eigenvalue weighted by Gasteiger charge is -2.22. The molecule has 0 aliphatic heterocycles. The Kier molecular flexibility index (Phi) is 7.79. The summed E-state index contributed by atoms with van der Waals surface area (Å²) in [4.78, 5) is 21.7. The number of rotatable bonds is 10. The molecular weight excluding hydrogens is 348 g/mol. The maximum Gasteiger partial charge on any atom is 0.321 e. The highest BCUT2D eigenvalue weighted by Crippen LogP contribution is 2.20. The van der Waals surface area contributed by atoms with E-state index in [-0.39, 0.29) is 19.3 Å². The zero-order valence-corrected chi connectivity index (χ0v) is 14.6. The van der Waals surface area contributed by atoms with E-state index in [4.69, 9.17) is 10.2 Å². The lowest BCUT2D eigenvalue weighted by molar-refractivity contribution is -0.137. The fraction of sp³-hybridized carbons (Fsp3) is 0.412. The van der Waals surface area contributed by atoms with Gasteiger partial charge in [0, 0.05) is 6.42 Å². The van der Waals surface area contributed by atoms with E-state index in [9.17, 15) is 23.1 Å². The Balaban J connectivity index is 3.06. The van der Waals surface area contributed by atoms with Crippen LogP contribution in [0.2, 0.25) is 0 Å². The third-order valence-electron chi connectivity index (χ3n) is 3.77. The highest BCUT2D eigenvalue weighted by molar-refractivity contribution is 7.93. The third-order valence-corrected chi connectivity index (χ3v) is 6.18. The van der Waals surface area contributed by atoms with Crippen molar-refractivity contribution in [2.45, 2.75) is 42.8 Å².